The number of allylic oxidation sites excluding steroid dienone is 4. The van der Waals surface area contributed by atoms with Crippen molar-refractivity contribution in [3.63, 3.8) is 0 Å². The Labute approximate surface area is 692 Å². The Morgan fingerprint density at radius 1 is 0.404 bits per heavy atom. The molecule has 5 N–H and O–H groups in total. The number of ketones is 2. The maximum Gasteiger partial charge on any atom is 0.534 e. The van der Waals surface area contributed by atoms with Gasteiger partial charge in [-0.3, -0.25) is 9.59 Å². The van der Waals surface area contributed by atoms with Crippen molar-refractivity contribution in [2.45, 2.75) is 130 Å². The number of fused-ring (bicyclic) bond motifs is 6. The highest BCUT2D eigenvalue weighted by Gasteiger charge is 2.49. The number of benzene rings is 10. The summed E-state index contributed by atoms with van der Waals surface area (Å²) in [6.07, 6.45) is 19.1. The predicted molar refractivity (Wildman–Crippen MR) is 462 cm³/mol. The van der Waals surface area contributed by atoms with Crippen molar-refractivity contribution in [2.75, 3.05) is 23.9 Å². The zero-order valence-corrected chi connectivity index (χ0v) is 70.0. The van der Waals surface area contributed by atoms with Gasteiger partial charge < -0.3 is 39.0 Å². The van der Waals surface area contributed by atoms with E-state index in [1.54, 1.807) is 42.5 Å². The highest BCUT2D eigenvalue weighted by molar-refractivity contribution is 9.11. The summed E-state index contributed by atoms with van der Waals surface area (Å²) < 4.78 is 75.6. The van der Waals surface area contributed by atoms with Crippen molar-refractivity contribution in [1.82, 2.24) is 0 Å². The van der Waals surface area contributed by atoms with Crippen molar-refractivity contribution >= 4 is 105 Å². The fraction of sp³-hybridized carbons (Fsp3) is 0.255. The summed E-state index contributed by atoms with van der Waals surface area (Å²) >= 11 is 10.5. The Hall–Kier alpha value is -9.54. The van der Waals surface area contributed by atoms with E-state index in [2.05, 4.69) is 189 Å². The second kappa shape index (κ2) is 41.2. The molecule has 0 atom stereocenters. The van der Waals surface area contributed by atoms with Gasteiger partial charge in [0.15, 0.2) is 11.6 Å². The molecule has 0 saturated carbocycles. The van der Waals surface area contributed by atoms with Crippen LogP contribution in [0, 0.1) is 34.6 Å². The van der Waals surface area contributed by atoms with E-state index in [1.807, 2.05) is 49.4 Å². The average Bonchev–Trinajstić information content (AvgIpc) is 0.782. The first-order valence-corrected chi connectivity index (χ1v) is 42.5. The van der Waals surface area contributed by atoms with Gasteiger partial charge in [0.05, 0.1) is 13.2 Å². The highest BCUT2D eigenvalue weighted by atomic mass is 79.9. The van der Waals surface area contributed by atoms with Gasteiger partial charge in [0, 0.05) is 44.7 Å². The lowest BCUT2D eigenvalue weighted by Gasteiger charge is -2.22. The lowest BCUT2D eigenvalue weighted by Crippen LogP contribution is -2.29. The number of phenols is 3. The van der Waals surface area contributed by atoms with Gasteiger partial charge in [0.1, 0.15) is 34.5 Å². The zero-order chi connectivity index (χ0) is 81.6. The Kier molecular flexibility index (Phi) is 31.4. The Bertz CT molecular complexity index is 5200. The van der Waals surface area contributed by atoms with Gasteiger partial charge in [-0.25, -0.2) is 0 Å². The molecule has 0 aromatic heterocycles. The van der Waals surface area contributed by atoms with Crippen LogP contribution in [-0.2, 0) is 52.8 Å². The van der Waals surface area contributed by atoms with Gasteiger partial charge in [0.25, 0.3) is 0 Å². The van der Waals surface area contributed by atoms with Crippen molar-refractivity contribution in [3.8, 4) is 28.7 Å². The molecule has 10 aromatic carbocycles. The molecule has 0 spiro atoms. The number of carbonyl (C=O) groups excluding carboxylic acids is 2. The van der Waals surface area contributed by atoms with Gasteiger partial charge in [-0.1, -0.05) is 227 Å². The normalized spacial score (nSPS) is 14.2. The van der Waals surface area contributed by atoms with Crippen LogP contribution in [0.4, 0.5) is 13.2 Å². The number of hydrogen-bond acceptors (Lipinski definition) is 12. The summed E-state index contributed by atoms with van der Waals surface area (Å²) in [4.78, 5) is 22.7. The molecule has 6 aliphatic carbocycles. The van der Waals surface area contributed by atoms with Crippen LogP contribution in [0.3, 0.4) is 0 Å². The molecule has 0 unspecified atom stereocenters. The van der Waals surface area contributed by atoms with Gasteiger partial charge >= 0.3 is 22.7 Å². The van der Waals surface area contributed by atoms with Gasteiger partial charge in [0.2, 0.25) is 0 Å². The third-order valence-corrected chi connectivity index (χ3v) is 22.2. The number of rotatable bonds is 12. The molecule has 0 heterocycles. The first-order chi connectivity index (χ1) is 54.6. The number of aromatic hydroxyl groups is 3. The molecule has 10 aromatic rings. The van der Waals surface area contributed by atoms with Crippen molar-refractivity contribution in [3.05, 3.63) is 340 Å². The number of ether oxygens (including phenoxy) is 2. The van der Waals surface area contributed by atoms with Crippen LogP contribution < -0.4 is 14.9 Å². The fourth-order valence-corrected chi connectivity index (χ4v) is 15.7. The van der Waals surface area contributed by atoms with E-state index in [0.29, 0.717) is 55.0 Å². The van der Waals surface area contributed by atoms with E-state index >= 15 is 0 Å². The number of Topliss-reactive ketones (excluding diaryl/α,β-unsaturated/α-hetero) is 2. The number of carbonyl (C=O) groups is 2. The minimum Gasteiger partial charge on any atom is -0.508 e. The second-order valence-electron chi connectivity index (χ2n) is 28.5. The van der Waals surface area contributed by atoms with Gasteiger partial charge in [-0.05, 0) is 273 Å². The lowest BCUT2D eigenvalue weighted by molar-refractivity contribution is -0.0509. The Morgan fingerprint density at radius 3 is 1.21 bits per heavy atom. The smallest absolute Gasteiger partial charge is 0.508 e. The molecule has 0 bridgehead atoms. The van der Waals surface area contributed by atoms with Crippen LogP contribution in [0.2, 0.25) is 0 Å². The molecule has 16 rings (SSSR count). The van der Waals surface area contributed by atoms with E-state index in [1.165, 1.54) is 129 Å². The van der Waals surface area contributed by atoms with Crippen LogP contribution in [0.5, 0.6) is 28.7 Å². The summed E-state index contributed by atoms with van der Waals surface area (Å²) in [5.41, 5.74) is 22.3. The number of halogens is 6. The standard InChI is InChI=1S/C19H18Br2O.C19H19BrO.C17H16O.C12H11F3O3S.C11H12O.C10H10O2.C6H7BO3/c1-13-2-8-17-15(12-13)5-9-18(21)19(17)14-3-6-16(7-4-14)22-11-10-20;1-14-5-10-19-16(13-14)3-2-4-18(19)15-6-8-17(9-7-15)21-12-11-20;1-12-5-10-17-14(11-12)3-2-4-16(17)13-6-8-15(18)9-7-13;1-8-5-6-10-9(7-8)3-2-4-11(10)18-19(16,17)12(13,14)15;1-8-5-6-10-9(7-8)3-2-4-11(10)12;11-8-4-5-9-7(6-8)2-1-3-10(9)12;8-6-3-1-5(2-4-6)7(9)10/h2-4,6-8,12H,5,9-11H2,1H3;4-10,13H,2-3,11-12H2,1H3;4-11,18H,2-3H2,1H3;4-7H,2-3H2,1H3;5-7H,2-4H2,1H3;4-6,11H,1-3H2;1-4,8-10H. The maximum atomic E-state index is 12.3. The van der Waals surface area contributed by atoms with E-state index < -0.39 is 22.7 Å². The van der Waals surface area contributed by atoms with Gasteiger partial charge in [-0.2, -0.15) is 21.6 Å². The maximum absolute atomic E-state index is 12.3. The summed E-state index contributed by atoms with van der Waals surface area (Å²) in [6.45, 7) is 11.8. The van der Waals surface area contributed by atoms with Crippen molar-refractivity contribution in [2.24, 2.45) is 0 Å². The minimum atomic E-state index is -5.62. The average molecular weight is 1750 g/mol. The van der Waals surface area contributed by atoms with E-state index in [-0.39, 0.29) is 23.0 Å². The third-order valence-electron chi connectivity index (χ3n) is 19.8. The Balaban J connectivity index is 0.000000143. The SMILES string of the molecule is Cc1ccc2c(c1)CCC(Br)=C2c1ccc(OCCBr)cc1.Cc1ccc2c(c1)CCC=C2OS(=O)(=O)C(F)(F)F.Cc1ccc2c(c1)CCC=C2c1ccc(O)cc1.Cc1ccc2c(c1)CCC=C2c1ccc(OCCBr)cc1.Cc1ccc2c(c1)CCCC2=O.O=C1CCCc2cc(O)ccc21.OB(O)c1ccc(O)cc1. The van der Waals surface area contributed by atoms with Gasteiger partial charge in [-0.15, -0.1) is 0 Å². The molecule has 0 saturated heterocycles. The largest absolute Gasteiger partial charge is 0.534 e. The summed E-state index contributed by atoms with van der Waals surface area (Å²) in [5.74, 6) is 2.80. The Morgan fingerprint density at radius 2 is 0.763 bits per heavy atom. The predicted octanol–water partition coefficient (Wildman–Crippen LogP) is 21.7. The highest BCUT2D eigenvalue weighted by Crippen LogP contribution is 2.41. The molecule has 20 heteroatoms. The number of alkyl halides is 5. The van der Waals surface area contributed by atoms with Crippen LogP contribution in [-0.4, -0.2) is 81.9 Å². The van der Waals surface area contributed by atoms with Crippen LogP contribution in [0.25, 0.3) is 22.5 Å². The summed E-state index contributed by atoms with van der Waals surface area (Å²) in [5, 5.41) is 46.2. The van der Waals surface area contributed by atoms with E-state index in [4.69, 9.17) is 29.7 Å². The van der Waals surface area contributed by atoms with E-state index in [0.717, 1.165) is 121 Å². The summed E-state index contributed by atoms with van der Waals surface area (Å²) in [7, 11) is -7.08. The molecule has 592 valence electrons. The molecule has 0 radical (unpaired) electrons. The van der Waals surface area contributed by atoms with Crippen LogP contribution in [0.15, 0.2) is 229 Å². The quantitative estimate of drug-likeness (QED) is 0.0336. The molecule has 6 aliphatic rings. The lowest BCUT2D eigenvalue weighted by atomic mass is 9.80. The van der Waals surface area contributed by atoms with Crippen molar-refractivity contribution < 1.29 is 70.2 Å². The molecular weight excluding hydrogens is 1660 g/mol. The molecule has 114 heavy (non-hydrogen) atoms. The number of hydrogen-bond donors (Lipinski definition) is 5. The second-order valence-corrected chi connectivity index (χ2v) is 32.6. The van der Waals surface area contributed by atoms with Crippen LogP contribution in [0.1, 0.15) is 172 Å². The first-order valence-electron chi connectivity index (χ1n) is 38.1. The van der Waals surface area contributed by atoms with Crippen molar-refractivity contribution in [1.29, 1.82) is 0 Å². The third kappa shape index (κ3) is 24.0. The zero-order valence-electron chi connectivity index (χ0n) is 64.4. The number of phenolic OH excluding ortho intramolecular Hbond substituents is 3. The molecule has 0 aliphatic heterocycles. The minimum absolute atomic E-state index is 0.115. The van der Waals surface area contributed by atoms with Crippen LogP contribution >= 0.6 is 47.8 Å². The first kappa shape index (κ1) is 86.9. The topological polar surface area (TPSA) is 197 Å². The molecule has 12 nitrogen and oxygen atoms in total. The monoisotopic (exact) mass is 1750 g/mol. The molecule has 0 fully saturated rings. The number of aryl methyl sites for hydroxylation is 11. The molecule has 0 amide bonds. The summed E-state index contributed by atoms with van der Waals surface area (Å²) in [6, 6.07) is 66.3. The van der Waals surface area contributed by atoms with E-state index in [9.17, 15) is 36.3 Å². The fourth-order valence-electron chi connectivity index (χ4n) is 14.2. The molecular formula is C94H93BBr3F3O12S.